The first-order valence-corrected chi connectivity index (χ1v) is 6.38. The Balaban J connectivity index is 2.18. The van der Waals surface area contributed by atoms with Crippen LogP contribution < -0.4 is 10.1 Å². The summed E-state index contributed by atoms with van der Waals surface area (Å²) in [4.78, 5) is 0. The van der Waals surface area contributed by atoms with Crippen LogP contribution in [0.5, 0.6) is 5.75 Å². The van der Waals surface area contributed by atoms with Crippen molar-refractivity contribution < 1.29 is 13.5 Å². The van der Waals surface area contributed by atoms with Gasteiger partial charge in [0.2, 0.25) is 0 Å². The van der Waals surface area contributed by atoms with E-state index in [2.05, 4.69) is 15.2 Å². The lowest BCUT2D eigenvalue weighted by Gasteiger charge is -2.15. The van der Waals surface area contributed by atoms with Gasteiger partial charge in [0, 0.05) is 18.3 Å². The van der Waals surface area contributed by atoms with E-state index in [0.717, 1.165) is 17.7 Å². The van der Waals surface area contributed by atoms with E-state index >= 15 is 0 Å². The minimum absolute atomic E-state index is 0.0316. The molecular weight excluding hydrogens is 264 g/mol. The van der Waals surface area contributed by atoms with Crippen molar-refractivity contribution in [1.82, 2.24) is 15.1 Å². The first-order valence-electron chi connectivity index (χ1n) is 6.38. The Morgan fingerprint density at radius 1 is 1.25 bits per heavy atom. The van der Waals surface area contributed by atoms with Gasteiger partial charge in [-0.15, -0.1) is 0 Å². The predicted molar refractivity (Wildman–Crippen MR) is 71.9 cm³/mol. The second kappa shape index (κ2) is 6.47. The third-order valence-corrected chi connectivity index (χ3v) is 3.04. The molecular formula is C14H17F2N3O. The van der Waals surface area contributed by atoms with Gasteiger partial charge in [-0.3, -0.25) is 4.68 Å². The van der Waals surface area contributed by atoms with Gasteiger partial charge in [-0.1, -0.05) is 12.1 Å². The van der Waals surface area contributed by atoms with Crippen LogP contribution in [0.2, 0.25) is 0 Å². The van der Waals surface area contributed by atoms with Crippen LogP contribution in [0.25, 0.3) is 0 Å². The Labute approximate surface area is 116 Å². The first kappa shape index (κ1) is 14.5. The maximum atomic E-state index is 12.1. The van der Waals surface area contributed by atoms with E-state index in [-0.39, 0.29) is 11.8 Å². The molecule has 1 heterocycles. The van der Waals surface area contributed by atoms with E-state index in [1.165, 1.54) is 12.1 Å². The van der Waals surface area contributed by atoms with Crippen molar-refractivity contribution in [2.24, 2.45) is 0 Å². The summed E-state index contributed by atoms with van der Waals surface area (Å²) in [6.45, 7) is 0.0166. The van der Waals surface area contributed by atoms with Gasteiger partial charge < -0.3 is 10.1 Å². The molecule has 0 bridgehead atoms. The van der Waals surface area contributed by atoms with Gasteiger partial charge in [0.05, 0.1) is 12.2 Å². The number of aromatic nitrogens is 2. The molecule has 1 aromatic carbocycles. The number of hydrogen-bond acceptors (Lipinski definition) is 3. The smallest absolute Gasteiger partial charge is 0.387 e. The van der Waals surface area contributed by atoms with E-state index in [4.69, 9.17) is 0 Å². The van der Waals surface area contributed by atoms with Crippen LogP contribution in [0.3, 0.4) is 0 Å². The van der Waals surface area contributed by atoms with E-state index in [0.29, 0.717) is 0 Å². The molecule has 1 N–H and O–H groups in total. The molecule has 0 spiro atoms. The molecule has 6 heteroatoms. The molecule has 20 heavy (non-hydrogen) atoms. The molecule has 0 fully saturated rings. The van der Waals surface area contributed by atoms with Gasteiger partial charge in [-0.05, 0) is 31.7 Å². The highest BCUT2D eigenvalue weighted by molar-refractivity contribution is 5.34. The number of benzene rings is 1. The molecule has 0 saturated carbocycles. The lowest BCUT2D eigenvalue weighted by Crippen LogP contribution is -2.17. The Kier molecular flexibility index (Phi) is 4.68. The van der Waals surface area contributed by atoms with Crippen LogP contribution in [0.1, 0.15) is 24.1 Å². The normalized spacial score (nSPS) is 12.7. The lowest BCUT2D eigenvalue weighted by atomic mass is 10.0. The third-order valence-electron chi connectivity index (χ3n) is 3.04. The average Bonchev–Trinajstić information content (AvgIpc) is 2.90. The highest BCUT2D eigenvalue weighted by Gasteiger charge is 2.14. The number of rotatable bonds is 6. The summed E-state index contributed by atoms with van der Waals surface area (Å²) < 4.78 is 30.4. The molecule has 108 valence electrons. The quantitative estimate of drug-likeness (QED) is 0.885. The van der Waals surface area contributed by atoms with E-state index in [9.17, 15) is 8.78 Å². The zero-order valence-electron chi connectivity index (χ0n) is 11.4. The molecule has 0 amide bonds. The lowest BCUT2D eigenvalue weighted by molar-refractivity contribution is -0.0498. The van der Waals surface area contributed by atoms with E-state index < -0.39 is 6.61 Å². The molecule has 1 atom stereocenters. The second-order valence-corrected chi connectivity index (χ2v) is 4.30. The largest absolute Gasteiger partial charge is 0.435 e. The molecule has 4 nitrogen and oxygen atoms in total. The van der Waals surface area contributed by atoms with Gasteiger partial charge >= 0.3 is 6.61 Å². The van der Waals surface area contributed by atoms with Crippen molar-refractivity contribution in [3.05, 3.63) is 47.8 Å². The first-order chi connectivity index (χ1) is 9.63. The van der Waals surface area contributed by atoms with Gasteiger partial charge in [0.1, 0.15) is 5.75 Å². The summed E-state index contributed by atoms with van der Waals surface area (Å²) in [5.41, 5.74) is 1.99. The van der Waals surface area contributed by atoms with Crippen LogP contribution >= 0.6 is 0 Å². The number of halogens is 2. The number of nitrogens with zero attached hydrogens (tertiary/aromatic N) is 2. The number of alkyl halides is 2. The number of ether oxygens (including phenoxy) is 1. The molecule has 1 unspecified atom stereocenters. The van der Waals surface area contributed by atoms with Crippen molar-refractivity contribution in [3.8, 4) is 5.75 Å². The molecule has 0 saturated heterocycles. The summed E-state index contributed by atoms with van der Waals surface area (Å²) >= 11 is 0. The molecule has 2 rings (SSSR count). The average molecular weight is 281 g/mol. The van der Waals surface area contributed by atoms with Gasteiger partial charge in [0.15, 0.2) is 0 Å². The van der Waals surface area contributed by atoms with Crippen molar-refractivity contribution in [3.63, 3.8) is 0 Å². The fourth-order valence-corrected chi connectivity index (χ4v) is 2.07. The zero-order chi connectivity index (χ0) is 14.5. The standard InChI is InChI=1S/C14H17F2N3O/c1-3-19-9-11(8-18-19)13(17-2)10-4-6-12(7-5-10)20-14(15)16/h4-9,13-14,17H,3H2,1-2H3. The third kappa shape index (κ3) is 3.33. The maximum absolute atomic E-state index is 12.1. The summed E-state index contributed by atoms with van der Waals surface area (Å²) in [5.74, 6) is 0.155. The van der Waals surface area contributed by atoms with Crippen molar-refractivity contribution >= 4 is 0 Å². The molecule has 0 aliphatic carbocycles. The van der Waals surface area contributed by atoms with Crippen molar-refractivity contribution in [2.75, 3.05) is 7.05 Å². The number of aryl methyl sites for hydroxylation is 1. The fraction of sp³-hybridized carbons (Fsp3) is 0.357. The fourth-order valence-electron chi connectivity index (χ4n) is 2.07. The number of hydrogen-bond donors (Lipinski definition) is 1. The SMILES string of the molecule is CCn1cc(C(NC)c2ccc(OC(F)F)cc2)cn1. The molecule has 1 aromatic heterocycles. The summed E-state index contributed by atoms with van der Waals surface area (Å²) in [6, 6.07) is 6.58. The summed E-state index contributed by atoms with van der Waals surface area (Å²) in [6.07, 6.45) is 3.76. The van der Waals surface area contributed by atoms with Crippen LogP contribution in [0.15, 0.2) is 36.7 Å². The van der Waals surface area contributed by atoms with Crippen LogP contribution in [-0.4, -0.2) is 23.4 Å². The molecule has 0 radical (unpaired) electrons. The molecule has 0 aliphatic heterocycles. The summed E-state index contributed by atoms with van der Waals surface area (Å²) in [5, 5.41) is 7.43. The van der Waals surface area contributed by atoms with Crippen molar-refractivity contribution in [2.45, 2.75) is 26.1 Å². The van der Waals surface area contributed by atoms with Crippen LogP contribution in [0.4, 0.5) is 8.78 Å². The van der Waals surface area contributed by atoms with Crippen LogP contribution in [-0.2, 0) is 6.54 Å². The molecule has 2 aromatic rings. The van der Waals surface area contributed by atoms with E-state index in [1.54, 1.807) is 18.3 Å². The monoisotopic (exact) mass is 281 g/mol. The molecule has 0 aliphatic rings. The Bertz CT molecular complexity index is 540. The number of nitrogens with one attached hydrogen (secondary N) is 1. The predicted octanol–water partition coefficient (Wildman–Crippen LogP) is 2.81. The van der Waals surface area contributed by atoms with Gasteiger partial charge in [0.25, 0.3) is 0 Å². The Hall–Kier alpha value is -1.95. The minimum Gasteiger partial charge on any atom is -0.435 e. The Morgan fingerprint density at radius 3 is 2.45 bits per heavy atom. The second-order valence-electron chi connectivity index (χ2n) is 4.30. The highest BCUT2D eigenvalue weighted by Crippen LogP contribution is 2.24. The van der Waals surface area contributed by atoms with Gasteiger partial charge in [-0.2, -0.15) is 13.9 Å². The Morgan fingerprint density at radius 2 is 1.95 bits per heavy atom. The minimum atomic E-state index is -2.80. The van der Waals surface area contributed by atoms with E-state index in [1.807, 2.05) is 24.9 Å². The van der Waals surface area contributed by atoms with Gasteiger partial charge in [-0.25, -0.2) is 0 Å². The topological polar surface area (TPSA) is 39.1 Å². The summed E-state index contributed by atoms with van der Waals surface area (Å²) in [7, 11) is 1.84. The van der Waals surface area contributed by atoms with Crippen molar-refractivity contribution in [1.29, 1.82) is 0 Å². The maximum Gasteiger partial charge on any atom is 0.387 e. The zero-order valence-corrected chi connectivity index (χ0v) is 11.4. The highest BCUT2D eigenvalue weighted by atomic mass is 19.3. The van der Waals surface area contributed by atoms with Crippen LogP contribution in [0, 0.1) is 0 Å².